The Balaban J connectivity index is 1.21. The molecule has 0 heteroatoms. The van der Waals surface area contributed by atoms with Gasteiger partial charge < -0.3 is 0 Å². The van der Waals surface area contributed by atoms with Crippen molar-refractivity contribution in [3.05, 3.63) is 133 Å². The fourth-order valence-corrected chi connectivity index (χ4v) is 8.25. The van der Waals surface area contributed by atoms with Crippen LogP contribution in [0, 0.1) is 0 Å². The summed E-state index contributed by atoms with van der Waals surface area (Å²) in [5.41, 5.74) is 10.8. The molecule has 0 aliphatic heterocycles. The van der Waals surface area contributed by atoms with Gasteiger partial charge in [0.15, 0.2) is 0 Å². The number of hydrogen-bond acceptors (Lipinski definition) is 0. The molecular weight excluding hydrogens is 504 g/mol. The number of hydrogen-bond donors (Lipinski definition) is 0. The van der Waals surface area contributed by atoms with Crippen LogP contribution in [0.1, 0.15) is 0 Å². The molecule has 0 fully saturated rings. The molecule has 9 aromatic carbocycles. The lowest BCUT2D eigenvalue weighted by atomic mass is 9.91. The minimum atomic E-state index is 1.30. The number of fused-ring (bicyclic) bond motifs is 13. The van der Waals surface area contributed by atoms with E-state index in [2.05, 4.69) is 133 Å². The highest BCUT2D eigenvalue weighted by Crippen LogP contribution is 2.52. The molecule has 0 N–H and O–H groups in total. The highest BCUT2D eigenvalue weighted by atomic mass is 14.3. The van der Waals surface area contributed by atoms with E-state index in [0.29, 0.717) is 0 Å². The molecule has 42 heavy (non-hydrogen) atoms. The highest BCUT2D eigenvalue weighted by Gasteiger charge is 2.25. The van der Waals surface area contributed by atoms with Gasteiger partial charge in [0, 0.05) is 0 Å². The van der Waals surface area contributed by atoms with Crippen LogP contribution in [0.15, 0.2) is 133 Å². The average Bonchev–Trinajstić information content (AvgIpc) is 3.53. The van der Waals surface area contributed by atoms with Gasteiger partial charge in [-0.15, -0.1) is 0 Å². The van der Waals surface area contributed by atoms with Crippen LogP contribution in [0.2, 0.25) is 0 Å². The Kier molecular flexibility index (Phi) is 3.67. The molecule has 190 valence electrons. The molecule has 0 unspecified atom stereocenters. The molecular formula is C42H22. The van der Waals surface area contributed by atoms with Crippen molar-refractivity contribution in [1.29, 1.82) is 0 Å². The minimum Gasteiger partial charge on any atom is -0.0616 e. The summed E-state index contributed by atoms with van der Waals surface area (Å²) in [6, 6.07) is 50.5. The molecule has 0 nitrogen and oxygen atoms in total. The summed E-state index contributed by atoms with van der Waals surface area (Å²) < 4.78 is 0. The first-order chi connectivity index (χ1) is 20.8. The first-order valence-electron chi connectivity index (χ1n) is 14.8. The van der Waals surface area contributed by atoms with Crippen LogP contribution >= 0.6 is 0 Å². The van der Waals surface area contributed by atoms with Crippen LogP contribution in [0.25, 0.3) is 109 Å². The van der Waals surface area contributed by atoms with Gasteiger partial charge in [-0.2, -0.15) is 0 Å². The smallest absolute Gasteiger partial charge is 0.00199 e. The SMILES string of the molecule is c1cc2c3c(cccc3c1)-c1cc3c(ccc4c5cc6c(cc5ccc34)-c3cccc4c3c-6cc3ccccc34)cc1-2. The van der Waals surface area contributed by atoms with Crippen molar-refractivity contribution in [1.82, 2.24) is 0 Å². The zero-order chi connectivity index (χ0) is 27.1. The molecule has 0 spiro atoms. The lowest BCUT2D eigenvalue weighted by molar-refractivity contribution is 1.74. The molecule has 0 radical (unpaired) electrons. The Morgan fingerprint density at radius 3 is 1.38 bits per heavy atom. The van der Waals surface area contributed by atoms with E-state index in [1.165, 1.54) is 109 Å². The summed E-state index contributed by atoms with van der Waals surface area (Å²) >= 11 is 0. The van der Waals surface area contributed by atoms with Crippen LogP contribution in [-0.4, -0.2) is 0 Å². The van der Waals surface area contributed by atoms with Gasteiger partial charge in [-0.1, -0.05) is 103 Å². The zero-order valence-electron chi connectivity index (χ0n) is 22.7. The van der Waals surface area contributed by atoms with Crippen molar-refractivity contribution < 1.29 is 0 Å². The van der Waals surface area contributed by atoms with Crippen molar-refractivity contribution in [2.24, 2.45) is 0 Å². The fraction of sp³-hybridized carbons (Fsp3) is 0. The maximum Gasteiger partial charge on any atom is -0.00199 e. The largest absolute Gasteiger partial charge is 0.0616 e. The predicted octanol–water partition coefficient (Wildman–Crippen LogP) is 11.9. The van der Waals surface area contributed by atoms with Gasteiger partial charge in [0.1, 0.15) is 0 Å². The van der Waals surface area contributed by atoms with E-state index in [0.717, 1.165) is 0 Å². The Morgan fingerprint density at radius 2 is 0.690 bits per heavy atom. The van der Waals surface area contributed by atoms with E-state index < -0.39 is 0 Å². The molecule has 11 rings (SSSR count). The Bertz CT molecular complexity index is 2720. The topological polar surface area (TPSA) is 0 Å². The van der Waals surface area contributed by atoms with Gasteiger partial charge in [0.05, 0.1) is 0 Å². The second kappa shape index (κ2) is 7.24. The monoisotopic (exact) mass is 526 g/mol. The second-order valence-electron chi connectivity index (χ2n) is 12.0. The van der Waals surface area contributed by atoms with E-state index in [1.54, 1.807) is 0 Å². The lowest BCUT2D eigenvalue weighted by Crippen LogP contribution is -1.85. The van der Waals surface area contributed by atoms with Crippen molar-refractivity contribution in [3.63, 3.8) is 0 Å². The summed E-state index contributed by atoms with van der Waals surface area (Å²) in [5.74, 6) is 0. The summed E-state index contributed by atoms with van der Waals surface area (Å²) in [5, 5.41) is 16.0. The molecule has 0 heterocycles. The summed E-state index contributed by atoms with van der Waals surface area (Å²) in [4.78, 5) is 0. The maximum atomic E-state index is 2.46. The summed E-state index contributed by atoms with van der Waals surface area (Å²) in [6.45, 7) is 0. The van der Waals surface area contributed by atoms with Crippen LogP contribution in [-0.2, 0) is 0 Å². The highest BCUT2D eigenvalue weighted by molar-refractivity contribution is 6.27. The Morgan fingerprint density at radius 1 is 0.214 bits per heavy atom. The second-order valence-corrected chi connectivity index (χ2v) is 12.0. The number of rotatable bonds is 0. The molecule has 0 amide bonds. The Hall–Kier alpha value is -5.46. The van der Waals surface area contributed by atoms with Crippen molar-refractivity contribution in [2.75, 3.05) is 0 Å². The fourth-order valence-electron chi connectivity index (χ4n) is 8.25. The van der Waals surface area contributed by atoms with E-state index in [-0.39, 0.29) is 0 Å². The molecule has 9 aromatic rings. The van der Waals surface area contributed by atoms with Gasteiger partial charge in [0.2, 0.25) is 0 Å². The molecule has 0 atom stereocenters. The minimum absolute atomic E-state index is 1.30. The van der Waals surface area contributed by atoms with Crippen LogP contribution in [0.3, 0.4) is 0 Å². The standard InChI is InChI=1S/C42H22/c1-2-9-27-24(6-1)20-40-39-22-35-26(19-37(39)33-13-5-12-30(27)42(33)40)15-16-28-29(35)17-14-25-18-36-31-10-3-7-23-8-4-11-32(41(23)31)38(36)21-34(25)28/h1-22H. The normalized spacial score (nSPS) is 12.8. The van der Waals surface area contributed by atoms with Crippen molar-refractivity contribution in [2.45, 2.75) is 0 Å². The third kappa shape index (κ3) is 2.47. The van der Waals surface area contributed by atoms with Crippen molar-refractivity contribution >= 4 is 64.6 Å². The molecule has 2 aliphatic rings. The van der Waals surface area contributed by atoms with Gasteiger partial charge in [0.25, 0.3) is 0 Å². The van der Waals surface area contributed by atoms with E-state index in [1.807, 2.05) is 0 Å². The first kappa shape index (κ1) is 21.3. The van der Waals surface area contributed by atoms with Gasteiger partial charge in [-0.05, 0) is 139 Å². The predicted molar refractivity (Wildman–Crippen MR) is 180 cm³/mol. The van der Waals surface area contributed by atoms with Gasteiger partial charge in [-0.25, -0.2) is 0 Å². The number of benzene rings is 9. The third-order valence-electron chi connectivity index (χ3n) is 10.1. The van der Waals surface area contributed by atoms with E-state index in [4.69, 9.17) is 0 Å². The molecule has 0 saturated heterocycles. The maximum absolute atomic E-state index is 2.46. The van der Waals surface area contributed by atoms with Crippen LogP contribution in [0.4, 0.5) is 0 Å². The van der Waals surface area contributed by atoms with Crippen LogP contribution in [0.5, 0.6) is 0 Å². The van der Waals surface area contributed by atoms with Gasteiger partial charge in [-0.3, -0.25) is 0 Å². The van der Waals surface area contributed by atoms with Crippen LogP contribution < -0.4 is 0 Å². The molecule has 0 saturated carbocycles. The zero-order valence-corrected chi connectivity index (χ0v) is 22.7. The lowest BCUT2D eigenvalue weighted by Gasteiger charge is -2.12. The first-order valence-corrected chi connectivity index (χ1v) is 14.8. The quantitative estimate of drug-likeness (QED) is 0.172. The van der Waals surface area contributed by atoms with E-state index in [9.17, 15) is 0 Å². The Labute approximate surface area is 242 Å². The summed E-state index contributed by atoms with van der Waals surface area (Å²) in [7, 11) is 0. The molecule has 0 aromatic heterocycles. The summed E-state index contributed by atoms with van der Waals surface area (Å²) in [6.07, 6.45) is 0. The van der Waals surface area contributed by atoms with Gasteiger partial charge >= 0.3 is 0 Å². The van der Waals surface area contributed by atoms with E-state index >= 15 is 0 Å². The average molecular weight is 527 g/mol. The molecule has 2 aliphatic carbocycles. The molecule has 0 bridgehead atoms. The third-order valence-corrected chi connectivity index (χ3v) is 10.1. The van der Waals surface area contributed by atoms with Crippen molar-refractivity contribution in [3.8, 4) is 44.5 Å².